The highest BCUT2D eigenvalue weighted by Crippen LogP contribution is 2.62. The van der Waals surface area contributed by atoms with Crippen molar-refractivity contribution in [3.8, 4) is 0 Å². The molecule has 2 aliphatic rings. The molecule has 1 fully saturated rings. The number of hydrazine groups is 1. The van der Waals surface area contributed by atoms with Crippen LogP contribution in [0.25, 0.3) is 5.70 Å². The summed E-state index contributed by atoms with van der Waals surface area (Å²) in [5, 5.41) is 5.62. The van der Waals surface area contributed by atoms with Crippen LogP contribution in [0.15, 0.2) is 51.9 Å². The first-order valence-electron chi connectivity index (χ1n) is 9.74. The number of carbonyl (C=O) groups is 3. The number of amides is 1. The second kappa shape index (κ2) is 9.52. The predicted octanol–water partition coefficient (Wildman–Crippen LogP) is 1.63. The topological polar surface area (TPSA) is 149 Å². The quantitative estimate of drug-likeness (QED) is 0.196. The van der Waals surface area contributed by atoms with Gasteiger partial charge in [0.2, 0.25) is 5.91 Å². The molecule has 1 saturated heterocycles. The number of aliphatic imine (C=N–C) groups is 2. The highest BCUT2D eigenvalue weighted by atomic mass is 32.3. The molecule has 0 radical (unpaired) electrons. The van der Waals surface area contributed by atoms with E-state index < -0.39 is 22.5 Å². The maximum Gasteiger partial charge on any atom is 0.442 e. The summed E-state index contributed by atoms with van der Waals surface area (Å²) < 4.78 is 10.5. The lowest BCUT2D eigenvalue weighted by atomic mass is 10.3. The van der Waals surface area contributed by atoms with E-state index in [1.165, 1.54) is 35.0 Å². The molecule has 2 aromatic heterocycles. The average molecular weight is 489 g/mol. The van der Waals surface area contributed by atoms with Crippen LogP contribution in [0.2, 0.25) is 0 Å². The maximum absolute atomic E-state index is 11.8. The average Bonchev–Trinajstić information content (AvgIpc) is 3.47. The van der Waals surface area contributed by atoms with Gasteiger partial charge in [0.1, 0.15) is 12.0 Å². The van der Waals surface area contributed by atoms with E-state index in [-0.39, 0.29) is 11.1 Å². The number of carbonyl (C=O) groups excluding carboxylic acids is 3. The molecule has 0 bridgehead atoms. The molecule has 0 atom stereocenters. The van der Waals surface area contributed by atoms with Gasteiger partial charge in [-0.2, -0.15) is 0 Å². The van der Waals surface area contributed by atoms with E-state index in [9.17, 15) is 14.4 Å². The van der Waals surface area contributed by atoms with Gasteiger partial charge in [0.15, 0.2) is 0 Å². The zero-order valence-electron chi connectivity index (χ0n) is 17.5. The van der Waals surface area contributed by atoms with E-state index in [1.54, 1.807) is 6.20 Å². The first-order valence-corrected chi connectivity index (χ1v) is 12.1. The summed E-state index contributed by atoms with van der Waals surface area (Å²) in [5.74, 6) is 3.67. The highest BCUT2D eigenvalue weighted by molar-refractivity contribution is 8.41. The third-order valence-corrected chi connectivity index (χ3v) is 7.54. The largest absolute Gasteiger partial charge is 0.442 e. The minimum absolute atomic E-state index is 0.0433. The number of nitrogens with two attached hydrogens (primary N) is 1. The number of nitrogens with one attached hydrogen (secondary N) is 1. The molecule has 33 heavy (non-hydrogen) atoms. The standard InChI is InChI=1S/C20H20N6O5S2/c1-13(27)23-10-15-5-6-17(32-15)16-11-33(30-18(28)19(29)31-33)20(25-16)24-12-26(21)9-7-14-4-2-3-8-22-14/h2-6,8,11-12H,7,9-10,21H2,1H3,(H,23,27)/b24-12+. The maximum atomic E-state index is 11.8. The smallest absolute Gasteiger partial charge is 0.351 e. The van der Waals surface area contributed by atoms with Crippen molar-refractivity contribution in [3.05, 3.63) is 57.4 Å². The normalized spacial score (nSPS) is 17.5. The van der Waals surface area contributed by atoms with Gasteiger partial charge in [-0.1, -0.05) is 6.07 Å². The third-order valence-electron chi connectivity index (χ3n) is 4.40. The van der Waals surface area contributed by atoms with Gasteiger partial charge in [0, 0.05) is 36.7 Å². The summed E-state index contributed by atoms with van der Waals surface area (Å²) in [6, 6.07) is 9.27. The van der Waals surface area contributed by atoms with Crippen molar-refractivity contribution in [1.29, 1.82) is 0 Å². The number of hydrogen-bond donors (Lipinski definition) is 2. The molecule has 2 aliphatic heterocycles. The first kappa shape index (κ1) is 22.6. The van der Waals surface area contributed by atoms with Gasteiger partial charge >= 0.3 is 11.9 Å². The van der Waals surface area contributed by atoms with E-state index in [1.807, 2.05) is 30.3 Å². The summed E-state index contributed by atoms with van der Waals surface area (Å²) in [6.45, 7) is 2.24. The molecule has 1 amide bonds. The lowest BCUT2D eigenvalue weighted by Crippen LogP contribution is -2.32. The van der Waals surface area contributed by atoms with Crippen LogP contribution in [0.3, 0.4) is 0 Å². The van der Waals surface area contributed by atoms with Gasteiger partial charge in [-0.05, 0) is 34.9 Å². The van der Waals surface area contributed by atoms with Crippen LogP contribution in [-0.2, 0) is 35.7 Å². The SMILES string of the molecule is CC(=O)NCc1ccc(C2=CS3(OC(=O)C(=O)O3)C(/N=C/N(N)CCc3ccccn3)=N2)s1. The number of amidine groups is 1. The molecular weight excluding hydrogens is 468 g/mol. The first-order chi connectivity index (χ1) is 15.8. The van der Waals surface area contributed by atoms with Gasteiger partial charge < -0.3 is 18.7 Å². The van der Waals surface area contributed by atoms with Gasteiger partial charge in [-0.3, -0.25) is 9.78 Å². The van der Waals surface area contributed by atoms with Crippen LogP contribution in [0.1, 0.15) is 22.4 Å². The molecule has 172 valence electrons. The third kappa shape index (κ3) is 5.27. The molecule has 0 aromatic carbocycles. The fraction of sp³-hybridized carbons (Fsp3) is 0.200. The van der Waals surface area contributed by atoms with Crippen molar-refractivity contribution in [2.24, 2.45) is 15.8 Å². The number of thiophene rings is 1. The Balaban J connectivity index is 1.51. The van der Waals surface area contributed by atoms with Crippen molar-refractivity contribution in [1.82, 2.24) is 15.3 Å². The molecule has 2 aromatic rings. The Labute approximate surface area is 194 Å². The zero-order chi connectivity index (χ0) is 23.4. The number of nitrogens with zero attached hydrogens (tertiary/aromatic N) is 4. The lowest BCUT2D eigenvalue weighted by Gasteiger charge is -2.26. The summed E-state index contributed by atoms with van der Waals surface area (Å²) in [5.41, 5.74) is 1.33. The zero-order valence-corrected chi connectivity index (χ0v) is 19.1. The van der Waals surface area contributed by atoms with Gasteiger partial charge in [0.05, 0.1) is 16.8 Å². The van der Waals surface area contributed by atoms with Crippen LogP contribution in [-0.4, -0.2) is 45.9 Å². The molecule has 1 spiro atoms. The number of pyridine rings is 1. The van der Waals surface area contributed by atoms with E-state index in [4.69, 9.17) is 14.2 Å². The number of rotatable bonds is 7. The monoisotopic (exact) mass is 488 g/mol. The molecule has 4 rings (SSSR count). The second-order valence-corrected chi connectivity index (χ2v) is 10.1. The Kier molecular flexibility index (Phi) is 6.53. The Morgan fingerprint density at radius 1 is 1.27 bits per heavy atom. The molecule has 0 saturated carbocycles. The molecule has 11 nitrogen and oxygen atoms in total. The van der Waals surface area contributed by atoms with Crippen molar-refractivity contribution in [2.45, 2.75) is 19.9 Å². The molecular formula is C20H20N6O5S2. The van der Waals surface area contributed by atoms with Crippen molar-refractivity contribution < 1.29 is 22.7 Å². The Hall–Kier alpha value is -3.55. The molecule has 0 unspecified atom stereocenters. The van der Waals surface area contributed by atoms with Gasteiger partial charge in [-0.25, -0.2) is 25.4 Å². The summed E-state index contributed by atoms with van der Waals surface area (Å²) in [6.07, 6.45) is 3.63. The van der Waals surface area contributed by atoms with E-state index in [2.05, 4.69) is 20.3 Å². The predicted molar refractivity (Wildman–Crippen MR) is 124 cm³/mol. The summed E-state index contributed by atoms with van der Waals surface area (Å²) in [4.78, 5) is 49.3. The minimum atomic E-state index is -2.91. The van der Waals surface area contributed by atoms with Crippen LogP contribution in [0.4, 0.5) is 0 Å². The fourth-order valence-electron chi connectivity index (χ4n) is 2.83. The minimum Gasteiger partial charge on any atom is -0.351 e. The van der Waals surface area contributed by atoms with E-state index in [0.717, 1.165) is 15.4 Å². The summed E-state index contributed by atoms with van der Waals surface area (Å²) in [7, 11) is -2.91. The highest BCUT2D eigenvalue weighted by Gasteiger charge is 2.47. The van der Waals surface area contributed by atoms with Crippen molar-refractivity contribution >= 4 is 57.0 Å². The van der Waals surface area contributed by atoms with Crippen LogP contribution in [0.5, 0.6) is 0 Å². The molecule has 13 heteroatoms. The summed E-state index contributed by atoms with van der Waals surface area (Å²) >= 11 is 1.40. The van der Waals surface area contributed by atoms with Gasteiger partial charge in [0.25, 0.3) is 5.17 Å². The Bertz CT molecular complexity index is 1160. The van der Waals surface area contributed by atoms with E-state index >= 15 is 0 Å². The fourth-order valence-corrected chi connectivity index (χ4v) is 5.68. The Morgan fingerprint density at radius 2 is 2.06 bits per heavy atom. The number of hydrogen-bond acceptors (Lipinski definition) is 10. The van der Waals surface area contributed by atoms with Crippen LogP contribution < -0.4 is 11.2 Å². The van der Waals surface area contributed by atoms with Crippen LogP contribution >= 0.6 is 21.9 Å². The molecule has 4 heterocycles. The number of aromatic nitrogens is 1. The van der Waals surface area contributed by atoms with Crippen molar-refractivity contribution in [2.75, 3.05) is 6.54 Å². The van der Waals surface area contributed by atoms with Crippen LogP contribution in [0, 0.1) is 0 Å². The molecule has 0 aliphatic carbocycles. The molecule has 3 N–H and O–H groups in total. The lowest BCUT2D eigenvalue weighted by molar-refractivity contribution is -0.150. The van der Waals surface area contributed by atoms with E-state index in [0.29, 0.717) is 25.2 Å². The van der Waals surface area contributed by atoms with Crippen molar-refractivity contribution in [3.63, 3.8) is 0 Å². The van der Waals surface area contributed by atoms with Gasteiger partial charge in [-0.15, -0.1) is 11.3 Å². The second-order valence-electron chi connectivity index (χ2n) is 6.91. The Morgan fingerprint density at radius 3 is 2.76 bits per heavy atom.